The molecule has 2 saturated heterocycles. The molecule has 0 spiro atoms. The predicted octanol–water partition coefficient (Wildman–Crippen LogP) is 2.41. The summed E-state index contributed by atoms with van der Waals surface area (Å²) in [5, 5.41) is 9.02. The second kappa shape index (κ2) is 5.96. The van der Waals surface area contributed by atoms with Crippen LogP contribution < -0.4 is 0 Å². The fourth-order valence-corrected chi connectivity index (χ4v) is 3.92. The van der Waals surface area contributed by atoms with Gasteiger partial charge in [0, 0.05) is 18.0 Å². The van der Waals surface area contributed by atoms with Gasteiger partial charge in [-0.2, -0.15) is 0 Å². The van der Waals surface area contributed by atoms with Crippen LogP contribution in [0.4, 0.5) is 0 Å². The summed E-state index contributed by atoms with van der Waals surface area (Å²) in [6, 6.07) is 10.2. The van der Waals surface area contributed by atoms with Crippen molar-refractivity contribution in [1.29, 1.82) is 0 Å². The lowest BCUT2D eigenvalue weighted by molar-refractivity contribution is -0.156. The Morgan fingerprint density at radius 3 is 2.39 bits per heavy atom. The number of carboxylic acid groups (broad SMARTS) is 1. The molecule has 1 amide bonds. The molecule has 0 aliphatic carbocycles. The number of carbonyl (C=O) groups excluding carboxylic acids is 1. The fourth-order valence-electron chi connectivity index (χ4n) is 3.92. The third kappa shape index (κ3) is 2.85. The summed E-state index contributed by atoms with van der Waals surface area (Å²) in [5.41, 5.74) is 0.937. The van der Waals surface area contributed by atoms with Crippen LogP contribution in [0.25, 0.3) is 0 Å². The minimum Gasteiger partial charge on any atom is -0.479 e. The second-order valence-electron chi connectivity index (χ2n) is 6.92. The van der Waals surface area contributed by atoms with E-state index in [0.29, 0.717) is 19.4 Å². The summed E-state index contributed by atoms with van der Waals surface area (Å²) in [5.74, 6) is -0.773. The van der Waals surface area contributed by atoms with Gasteiger partial charge in [-0.3, -0.25) is 4.79 Å². The number of aliphatic carboxylic acids is 1. The minimum atomic E-state index is -0.983. The smallest absolute Gasteiger partial charge is 0.332 e. The van der Waals surface area contributed by atoms with Crippen molar-refractivity contribution in [2.75, 3.05) is 6.54 Å². The van der Waals surface area contributed by atoms with Gasteiger partial charge < -0.3 is 14.7 Å². The van der Waals surface area contributed by atoms with Crippen LogP contribution in [0.15, 0.2) is 30.3 Å². The van der Waals surface area contributed by atoms with Gasteiger partial charge in [0.1, 0.15) is 6.10 Å². The van der Waals surface area contributed by atoms with Crippen molar-refractivity contribution >= 4 is 11.9 Å². The Bertz CT molecular complexity index is 598. The first-order valence-electron chi connectivity index (χ1n) is 8.16. The van der Waals surface area contributed by atoms with E-state index in [2.05, 4.69) is 26.0 Å². The molecule has 23 heavy (non-hydrogen) atoms. The molecule has 0 saturated carbocycles. The van der Waals surface area contributed by atoms with Crippen LogP contribution in [0, 0.1) is 0 Å². The summed E-state index contributed by atoms with van der Waals surface area (Å²) >= 11 is 0. The summed E-state index contributed by atoms with van der Waals surface area (Å²) < 4.78 is 5.44. The Labute approximate surface area is 136 Å². The standard InChI is InChI=1S/C18H23NO4/c1-18(2)13(12-6-4-3-5-7-12)10-11-19(18)16(20)14-8-9-15(23-14)17(21)22/h3-7,13-15H,8-11H2,1-2H3,(H,21,22)/t13?,14-,15+/m0/s1. The van der Waals surface area contributed by atoms with Gasteiger partial charge in [-0.05, 0) is 38.7 Å². The molecular weight excluding hydrogens is 294 g/mol. The Morgan fingerprint density at radius 1 is 1.13 bits per heavy atom. The van der Waals surface area contributed by atoms with Crippen LogP contribution in [0.3, 0.4) is 0 Å². The van der Waals surface area contributed by atoms with Crippen molar-refractivity contribution in [2.45, 2.75) is 56.8 Å². The molecule has 2 aliphatic heterocycles. The fraction of sp³-hybridized carbons (Fsp3) is 0.556. The SMILES string of the molecule is CC1(C)C(c2ccccc2)CCN1C(=O)[C@@H]1CC[C@H](C(=O)O)O1. The summed E-state index contributed by atoms with van der Waals surface area (Å²) in [4.78, 5) is 25.7. The van der Waals surface area contributed by atoms with Gasteiger partial charge in [-0.15, -0.1) is 0 Å². The van der Waals surface area contributed by atoms with E-state index in [9.17, 15) is 9.59 Å². The van der Waals surface area contributed by atoms with Gasteiger partial charge in [0.2, 0.25) is 0 Å². The first-order valence-corrected chi connectivity index (χ1v) is 8.16. The van der Waals surface area contributed by atoms with Crippen molar-refractivity contribution in [3.8, 4) is 0 Å². The van der Waals surface area contributed by atoms with Crippen molar-refractivity contribution in [3.05, 3.63) is 35.9 Å². The van der Waals surface area contributed by atoms with Crippen molar-refractivity contribution in [2.24, 2.45) is 0 Å². The summed E-state index contributed by atoms with van der Waals surface area (Å²) in [7, 11) is 0. The third-order valence-electron chi connectivity index (χ3n) is 5.23. The Hall–Kier alpha value is -1.88. The lowest BCUT2D eigenvalue weighted by atomic mass is 9.82. The molecule has 1 aromatic carbocycles. The quantitative estimate of drug-likeness (QED) is 0.929. The van der Waals surface area contributed by atoms with Crippen LogP contribution in [0.1, 0.15) is 44.6 Å². The lowest BCUT2D eigenvalue weighted by Gasteiger charge is -2.37. The zero-order chi connectivity index (χ0) is 16.6. The van der Waals surface area contributed by atoms with Crippen molar-refractivity contribution < 1.29 is 19.4 Å². The molecule has 2 aliphatic rings. The van der Waals surface area contributed by atoms with E-state index in [1.165, 1.54) is 5.56 Å². The summed E-state index contributed by atoms with van der Waals surface area (Å²) in [6.07, 6.45) is 0.336. The van der Waals surface area contributed by atoms with E-state index in [1.54, 1.807) is 0 Å². The first kappa shape index (κ1) is 16.0. The molecule has 124 valence electrons. The number of rotatable bonds is 3. The molecular formula is C18H23NO4. The maximum Gasteiger partial charge on any atom is 0.332 e. The lowest BCUT2D eigenvalue weighted by Crippen LogP contribution is -2.49. The highest BCUT2D eigenvalue weighted by molar-refractivity contribution is 5.83. The molecule has 0 radical (unpaired) electrons. The molecule has 0 aromatic heterocycles. The maximum atomic E-state index is 12.8. The Morgan fingerprint density at radius 2 is 1.78 bits per heavy atom. The molecule has 1 aromatic rings. The number of hydrogen-bond acceptors (Lipinski definition) is 3. The monoisotopic (exact) mass is 317 g/mol. The Kier molecular flexibility index (Phi) is 4.15. The molecule has 0 bridgehead atoms. The topological polar surface area (TPSA) is 66.8 Å². The molecule has 5 heteroatoms. The maximum absolute atomic E-state index is 12.8. The van der Waals surface area contributed by atoms with E-state index in [4.69, 9.17) is 9.84 Å². The number of benzene rings is 1. The summed E-state index contributed by atoms with van der Waals surface area (Å²) in [6.45, 7) is 4.85. The molecule has 5 nitrogen and oxygen atoms in total. The van der Waals surface area contributed by atoms with Gasteiger partial charge >= 0.3 is 5.97 Å². The number of amides is 1. The normalized spacial score (nSPS) is 29.7. The highest BCUT2D eigenvalue weighted by atomic mass is 16.5. The zero-order valence-electron chi connectivity index (χ0n) is 13.6. The van der Waals surface area contributed by atoms with Gasteiger partial charge in [0.25, 0.3) is 5.91 Å². The molecule has 3 atom stereocenters. The largest absolute Gasteiger partial charge is 0.479 e. The van der Waals surface area contributed by atoms with Gasteiger partial charge in [0.15, 0.2) is 6.10 Å². The van der Waals surface area contributed by atoms with Gasteiger partial charge in [0.05, 0.1) is 0 Å². The second-order valence-corrected chi connectivity index (χ2v) is 6.92. The number of ether oxygens (including phenoxy) is 1. The average molecular weight is 317 g/mol. The molecule has 2 fully saturated rings. The van der Waals surface area contributed by atoms with Crippen LogP contribution in [0.5, 0.6) is 0 Å². The third-order valence-corrected chi connectivity index (χ3v) is 5.23. The van der Waals surface area contributed by atoms with Crippen LogP contribution in [-0.4, -0.2) is 46.2 Å². The predicted molar refractivity (Wildman–Crippen MR) is 85.1 cm³/mol. The highest BCUT2D eigenvalue weighted by Crippen LogP contribution is 2.42. The van der Waals surface area contributed by atoms with E-state index in [1.807, 2.05) is 23.1 Å². The van der Waals surface area contributed by atoms with Gasteiger partial charge in [-0.25, -0.2) is 4.79 Å². The number of carboxylic acids is 1. The number of carbonyl (C=O) groups is 2. The van der Waals surface area contributed by atoms with Crippen LogP contribution in [0.2, 0.25) is 0 Å². The van der Waals surface area contributed by atoms with E-state index in [0.717, 1.165) is 6.42 Å². The minimum absolute atomic E-state index is 0.0721. The Balaban J connectivity index is 1.74. The molecule has 1 N–H and O–H groups in total. The van der Waals surface area contributed by atoms with Crippen molar-refractivity contribution in [3.63, 3.8) is 0 Å². The molecule has 1 unspecified atom stereocenters. The van der Waals surface area contributed by atoms with Gasteiger partial charge in [-0.1, -0.05) is 30.3 Å². The van der Waals surface area contributed by atoms with E-state index in [-0.39, 0.29) is 17.4 Å². The van der Waals surface area contributed by atoms with E-state index >= 15 is 0 Å². The molecule has 3 rings (SSSR count). The first-order chi connectivity index (χ1) is 10.9. The number of nitrogens with zero attached hydrogens (tertiary/aromatic N) is 1. The average Bonchev–Trinajstić information content (AvgIpc) is 3.12. The highest BCUT2D eigenvalue weighted by Gasteiger charge is 2.47. The zero-order valence-corrected chi connectivity index (χ0v) is 13.6. The van der Waals surface area contributed by atoms with Crippen molar-refractivity contribution in [1.82, 2.24) is 4.90 Å². The number of likely N-dealkylation sites (tertiary alicyclic amines) is 1. The molecule has 2 heterocycles. The van der Waals surface area contributed by atoms with Crippen LogP contribution in [-0.2, 0) is 14.3 Å². The van der Waals surface area contributed by atoms with Crippen LogP contribution >= 0.6 is 0 Å². The number of hydrogen-bond donors (Lipinski definition) is 1. The van der Waals surface area contributed by atoms with E-state index < -0.39 is 18.2 Å².